The van der Waals surface area contributed by atoms with Crippen molar-refractivity contribution in [2.75, 3.05) is 0 Å². The van der Waals surface area contributed by atoms with Crippen LogP contribution < -0.4 is 10.6 Å². The molecule has 2 rings (SSSR count). The SMILES string of the molecule is CC(=O)NC(C(=O)NCc1c(C)nn(Cc2ccccc2)c1C)C(C)C. The molecule has 0 saturated heterocycles. The number of amides is 2. The molecule has 0 fully saturated rings. The van der Waals surface area contributed by atoms with Gasteiger partial charge in [-0.25, -0.2) is 0 Å². The predicted molar refractivity (Wildman–Crippen MR) is 102 cm³/mol. The van der Waals surface area contributed by atoms with E-state index in [1.54, 1.807) is 0 Å². The van der Waals surface area contributed by atoms with Gasteiger partial charge in [-0.2, -0.15) is 5.10 Å². The Morgan fingerprint density at radius 3 is 2.38 bits per heavy atom. The molecule has 1 heterocycles. The van der Waals surface area contributed by atoms with Crippen LogP contribution >= 0.6 is 0 Å². The second-order valence-electron chi connectivity index (χ2n) is 6.93. The number of rotatable bonds is 7. The minimum Gasteiger partial charge on any atom is -0.350 e. The molecule has 0 aliphatic heterocycles. The van der Waals surface area contributed by atoms with Crippen molar-refractivity contribution in [3.63, 3.8) is 0 Å². The van der Waals surface area contributed by atoms with Crippen LogP contribution in [0.2, 0.25) is 0 Å². The zero-order chi connectivity index (χ0) is 19.3. The summed E-state index contributed by atoms with van der Waals surface area (Å²) in [4.78, 5) is 23.8. The summed E-state index contributed by atoms with van der Waals surface area (Å²) in [6.07, 6.45) is 0. The number of nitrogens with zero attached hydrogens (tertiary/aromatic N) is 2. The van der Waals surface area contributed by atoms with Crippen LogP contribution in [0, 0.1) is 19.8 Å². The number of hydrogen-bond donors (Lipinski definition) is 2. The largest absolute Gasteiger partial charge is 0.350 e. The Morgan fingerprint density at radius 1 is 1.15 bits per heavy atom. The second kappa shape index (κ2) is 8.65. The minimum atomic E-state index is -0.535. The van der Waals surface area contributed by atoms with E-state index in [-0.39, 0.29) is 17.7 Å². The molecule has 0 bridgehead atoms. The van der Waals surface area contributed by atoms with E-state index in [4.69, 9.17) is 0 Å². The molecule has 26 heavy (non-hydrogen) atoms. The maximum atomic E-state index is 12.5. The summed E-state index contributed by atoms with van der Waals surface area (Å²) in [5.74, 6) is -0.367. The van der Waals surface area contributed by atoms with Crippen LogP contribution in [0.4, 0.5) is 0 Å². The molecule has 2 amide bonds. The highest BCUT2D eigenvalue weighted by atomic mass is 16.2. The van der Waals surface area contributed by atoms with Crippen molar-refractivity contribution in [2.24, 2.45) is 5.92 Å². The molecular formula is C20H28N4O2. The van der Waals surface area contributed by atoms with Crippen LogP contribution in [0.25, 0.3) is 0 Å². The highest BCUT2D eigenvalue weighted by Crippen LogP contribution is 2.15. The number of carbonyl (C=O) groups excluding carboxylic acids is 2. The van der Waals surface area contributed by atoms with E-state index in [0.29, 0.717) is 13.1 Å². The van der Waals surface area contributed by atoms with Gasteiger partial charge in [0.15, 0.2) is 0 Å². The molecule has 2 aromatic rings. The third-order valence-electron chi connectivity index (χ3n) is 4.45. The van der Waals surface area contributed by atoms with Crippen LogP contribution in [0.3, 0.4) is 0 Å². The van der Waals surface area contributed by atoms with E-state index in [1.807, 2.05) is 50.6 Å². The average Bonchev–Trinajstić information content (AvgIpc) is 2.84. The van der Waals surface area contributed by atoms with E-state index in [1.165, 1.54) is 12.5 Å². The monoisotopic (exact) mass is 356 g/mol. The number of hydrogen-bond acceptors (Lipinski definition) is 3. The summed E-state index contributed by atoms with van der Waals surface area (Å²) in [5.41, 5.74) is 4.13. The minimum absolute atomic E-state index is 0.0156. The van der Waals surface area contributed by atoms with Gasteiger partial charge in [-0.3, -0.25) is 14.3 Å². The van der Waals surface area contributed by atoms with E-state index in [2.05, 4.69) is 27.9 Å². The Hall–Kier alpha value is -2.63. The molecule has 140 valence electrons. The van der Waals surface area contributed by atoms with E-state index in [9.17, 15) is 9.59 Å². The highest BCUT2D eigenvalue weighted by molar-refractivity contribution is 5.87. The Morgan fingerprint density at radius 2 is 1.81 bits per heavy atom. The zero-order valence-corrected chi connectivity index (χ0v) is 16.2. The van der Waals surface area contributed by atoms with Crippen LogP contribution in [0.1, 0.15) is 43.3 Å². The van der Waals surface area contributed by atoms with Gasteiger partial charge in [0.2, 0.25) is 11.8 Å². The Balaban J connectivity index is 2.07. The van der Waals surface area contributed by atoms with Gasteiger partial charge in [0.05, 0.1) is 12.2 Å². The fourth-order valence-corrected chi connectivity index (χ4v) is 2.94. The number of aryl methyl sites for hydroxylation is 1. The zero-order valence-electron chi connectivity index (χ0n) is 16.2. The average molecular weight is 356 g/mol. The van der Waals surface area contributed by atoms with Gasteiger partial charge in [-0.05, 0) is 25.3 Å². The summed E-state index contributed by atoms with van der Waals surface area (Å²) in [6.45, 7) is 10.3. The molecule has 0 radical (unpaired) electrons. The molecule has 2 N–H and O–H groups in total. The Labute approximate surface area is 155 Å². The molecule has 6 nitrogen and oxygen atoms in total. The molecule has 0 aliphatic rings. The summed E-state index contributed by atoms with van der Waals surface area (Å²) >= 11 is 0. The molecule has 0 spiro atoms. The van der Waals surface area contributed by atoms with Crippen LogP contribution in [-0.4, -0.2) is 27.6 Å². The van der Waals surface area contributed by atoms with Crippen LogP contribution in [0.5, 0.6) is 0 Å². The fourth-order valence-electron chi connectivity index (χ4n) is 2.94. The summed E-state index contributed by atoms with van der Waals surface area (Å²) in [5, 5.41) is 10.3. The van der Waals surface area contributed by atoms with Crippen molar-refractivity contribution < 1.29 is 9.59 Å². The topological polar surface area (TPSA) is 76.0 Å². The lowest BCUT2D eigenvalue weighted by molar-refractivity contribution is -0.129. The van der Waals surface area contributed by atoms with Crippen molar-refractivity contribution in [1.82, 2.24) is 20.4 Å². The van der Waals surface area contributed by atoms with Gasteiger partial charge >= 0.3 is 0 Å². The van der Waals surface area contributed by atoms with Gasteiger partial charge in [0.25, 0.3) is 0 Å². The lowest BCUT2D eigenvalue weighted by Gasteiger charge is -2.21. The highest BCUT2D eigenvalue weighted by Gasteiger charge is 2.23. The Kier molecular flexibility index (Phi) is 6.55. The molecule has 0 saturated carbocycles. The maximum Gasteiger partial charge on any atom is 0.243 e. The lowest BCUT2D eigenvalue weighted by Crippen LogP contribution is -2.48. The van der Waals surface area contributed by atoms with Crippen molar-refractivity contribution in [3.05, 3.63) is 52.8 Å². The van der Waals surface area contributed by atoms with Crippen molar-refractivity contribution in [1.29, 1.82) is 0 Å². The van der Waals surface area contributed by atoms with E-state index >= 15 is 0 Å². The standard InChI is InChI=1S/C20H28N4O2/c1-13(2)19(22-16(5)25)20(26)21-11-18-14(3)23-24(15(18)4)12-17-9-7-6-8-10-17/h6-10,13,19H,11-12H2,1-5H3,(H,21,26)(H,22,25). The first-order chi connectivity index (χ1) is 12.3. The Bertz CT molecular complexity index is 766. The van der Waals surface area contributed by atoms with Gasteiger partial charge < -0.3 is 10.6 Å². The van der Waals surface area contributed by atoms with Gasteiger partial charge in [0.1, 0.15) is 6.04 Å². The third-order valence-corrected chi connectivity index (χ3v) is 4.45. The molecule has 1 aromatic carbocycles. The van der Waals surface area contributed by atoms with E-state index < -0.39 is 6.04 Å². The molecule has 1 unspecified atom stereocenters. The number of aromatic nitrogens is 2. The molecular weight excluding hydrogens is 328 g/mol. The number of carbonyl (C=O) groups is 2. The summed E-state index contributed by atoms with van der Waals surface area (Å²) in [6, 6.07) is 9.61. The summed E-state index contributed by atoms with van der Waals surface area (Å²) in [7, 11) is 0. The fraction of sp³-hybridized carbons (Fsp3) is 0.450. The smallest absolute Gasteiger partial charge is 0.243 e. The summed E-state index contributed by atoms with van der Waals surface area (Å²) < 4.78 is 1.96. The molecule has 6 heteroatoms. The normalized spacial score (nSPS) is 12.1. The van der Waals surface area contributed by atoms with Crippen LogP contribution in [-0.2, 0) is 22.7 Å². The number of benzene rings is 1. The first kappa shape index (κ1) is 19.7. The van der Waals surface area contributed by atoms with Gasteiger partial charge in [-0.1, -0.05) is 44.2 Å². The van der Waals surface area contributed by atoms with Crippen molar-refractivity contribution in [3.8, 4) is 0 Å². The molecule has 1 atom stereocenters. The maximum absolute atomic E-state index is 12.5. The van der Waals surface area contributed by atoms with Crippen molar-refractivity contribution >= 4 is 11.8 Å². The predicted octanol–water partition coefficient (Wildman–Crippen LogP) is 2.33. The third kappa shape index (κ3) is 4.94. The first-order valence-electron chi connectivity index (χ1n) is 8.91. The quantitative estimate of drug-likeness (QED) is 0.799. The van der Waals surface area contributed by atoms with Crippen LogP contribution in [0.15, 0.2) is 30.3 Å². The lowest BCUT2D eigenvalue weighted by atomic mass is 10.0. The number of nitrogens with one attached hydrogen (secondary N) is 2. The molecule has 0 aliphatic carbocycles. The van der Waals surface area contributed by atoms with Crippen molar-refractivity contribution in [2.45, 2.75) is 53.8 Å². The van der Waals surface area contributed by atoms with Gasteiger partial charge in [0, 0.05) is 24.7 Å². The first-order valence-corrected chi connectivity index (χ1v) is 8.91. The van der Waals surface area contributed by atoms with E-state index in [0.717, 1.165) is 17.0 Å². The molecule has 1 aromatic heterocycles. The van der Waals surface area contributed by atoms with Gasteiger partial charge in [-0.15, -0.1) is 0 Å². The second-order valence-corrected chi connectivity index (χ2v) is 6.93.